The van der Waals surface area contributed by atoms with Crippen LogP contribution in [0.4, 0.5) is 0 Å². The van der Waals surface area contributed by atoms with Crippen LogP contribution in [0.1, 0.15) is 445 Å². The molecule has 600 valence electrons. The van der Waals surface area contributed by atoms with E-state index in [2.05, 4.69) is 27.7 Å². The Kier molecular flexibility index (Phi) is 74.8. The zero-order valence-electron chi connectivity index (χ0n) is 65.9. The highest BCUT2D eigenvalue weighted by Gasteiger charge is 2.30. The summed E-state index contributed by atoms with van der Waals surface area (Å²) in [6, 6.07) is 0. The Balaban J connectivity index is 5.14. The normalized spacial score (nSPS) is 13.8. The number of esters is 4. The molecule has 101 heavy (non-hydrogen) atoms. The molecule has 0 aromatic carbocycles. The first-order valence-electron chi connectivity index (χ1n) is 42.8. The van der Waals surface area contributed by atoms with Gasteiger partial charge in [-0.3, -0.25) is 37.3 Å². The maximum Gasteiger partial charge on any atom is 0.472 e. The molecule has 3 N–H and O–H groups in total. The molecule has 0 heterocycles. The average Bonchev–Trinajstić information content (AvgIpc) is 0.942. The SMILES string of the molecule is CCCCCCCCCCCCCCCCCCCCCCCC(=O)OC[C@H](COP(=O)(O)OC[C@@H](O)COP(=O)(O)OC[C@@H](COC(=O)CCCCCCCCC)OC(=O)CCCCCCCCCCCCCC)OC(=O)CCCCCCCCCCCCCCCCCCCCCCC. The molecule has 0 bridgehead atoms. The maximum atomic E-state index is 13.1. The van der Waals surface area contributed by atoms with Gasteiger partial charge in [-0.25, -0.2) is 9.13 Å². The van der Waals surface area contributed by atoms with Gasteiger partial charge in [0.05, 0.1) is 26.4 Å². The predicted molar refractivity (Wildman–Crippen MR) is 414 cm³/mol. The van der Waals surface area contributed by atoms with Crippen molar-refractivity contribution in [3.8, 4) is 0 Å². The first-order valence-corrected chi connectivity index (χ1v) is 45.8. The molecule has 0 saturated heterocycles. The summed E-state index contributed by atoms with van der Waals surface area (Å²) in [5.74, 6) is -2.11. The van der Waals surface area contributed by atoms with Crippen molar-refractivity contribution in [2.75, 3.05) is 39.6 Å². The summed E-state index contributed by atoms with van der Waals surface area (Å²) >= 11 is 0. The number of ether oxygens (including phenoxy) is 4. The second-order valence-electron chi connectivity index (χ2n) is 29.5. The van der Waals surface area contributed by atoms with Gasteiger partial charge in [-0.2, -0.15) is 0 Å². The first kappa shape index (κ1) is 99.1. The molecule has 0 aliphatic rings. The Morgan fingerprint density at radius 1 is 0.238 bits per heavy atom. The molecule has 0 spiro atoms. The maximum absolute atomic E-state index is 13.1. The van der Waals surface area contributed by atoms with Crippen LogP contribution in [-0.4, -0.2) is 96.7 Å². The molecule has 0 amide bonds. The van der Waals surface area contributed by atoms with Crippen molar-refractivity contribution in [2.24, 2.45) is 0 Å². The number of hydrogen-bond donors (Lipinski definition) is 3. The lowest BCUT2D eigenvalue weighted by molar-refractivity contribution is -0.161. The number of phosphoric acid groups is 2. The molecular weight excluding hydrogens is 1320 g/mol. The summed E-state index contributed by atoms with van der Waals surface area (Å²) in [6.07, 6.45) is 69.8. The van der Waals surface area contributed by atoms with Crippen LogP contribution in [0.15, 0.2) is 0 Å². The van der Waals surface area contributed by atoms with Gasteiger partial charge in [-0.1, -0.05) is 394 Å². The zero-order chi connectivity index (χ0) is 73.9. The van der Waals surface area contributed by atoms with E-state index in [1.807, 2.05) is 0 Å². The molecule has 19 heteroatoms. The second kappa shape index (κ2) is 76.3. The molecule has 0 aromatic rings. The Labute approximate surface area is 619 Å². The molecule has 0 rings (SSSR count). The van der Waals surface area contributed by atoms with Gasteiger partial charge in [0.1, 0.15) is 19.3 Å². The van der Waals surface area contributed by atoms with Crippen molar-refractivity contribution >= 4 is 39.5 Å². The topological polar surface area (TPSA) is 237 Å². The minimum Gasteiger partial charge on any atom is -0.462 e. The van der Waals surface area contributed by atoms with Crippen LogP contribution in [0.25, 0.3) is 0 Å². The van der Waals surface area contributed by atoms with E-state index in [1.165, 1.54) is 263 Å². The molecule has 2 unspecified atom stereocenters. The number of hydrogen-bond acceptors (Lipinski definition) is 15. The summed E-state index contributed by atoms with van der Waals surface area (Å²) in [6.45, 7) is 4.98. The van der Waals surface area contributed by atoms with E-state index in [0.717, 1.165) is 103 Å². The van der Waals surface area contributed by atoms with Crippen LogP contribution >= 0.6 is 15.6 Å². The number of aliphatic hydroxyl groups is 1. The van der Waals surface area contributed by atoms with Gasteiger partial charge in [0.2, 0.25) is 0 Å². The Morgan fingerprint density at radius 3 is 0.584 bits per heavy atom. The minimum absolute atomic E-state index is 0.108. The summed E-state index contributed by atoms with van der Waals surface area (Å²) in [7, 11) is -9.91. The fraction of sp³-hybridized carbons (Fsp3) is 0.951. The quantitative estimate of drug-likeness (QED) is 0.0222. The van der Waals surface area contributed by atoms with E-state index < -0.39 is 97.5 Å². The van der Waals surface area contributed by atoms with Gasteiger partial charge < -0.3 is 33.8 Å². The van der Waals surface area contributed by atoms with Gasteiger partial charge in [0, 0.05) is 25.7 Å². The summed E-state index contributed by atoms with van der Waals surface area (Å²) < 4.78 is 68.6. The Hall–Kier alpha value is -1.94. The number of aliphatic hydroxyl groups excluding tert-OH is 1. The van der Waals surface area contributed by atoms with Crippen molar-refractivity contribution in [2.45, 2.75) is 463 Å². The Bertz CT molecular complexity index is 1910. The highest BCUT2D eigenvalue weighted by molar-refractivity contribution is 7.47. The molecule has 0 aromatic heterocycles. The van der Waals surface area contributed by atoms with Crippen molar-refractivity contribution in [1.82, 2.24) is 0 Å². The largest absolute Gasteiger partial charge is 0.472 e. The second-order valence-corrected chi connectivity index (χ2v) is 32.4. The number of phosphoric ester groups is 2. The van der Waals surface area contributed by atoms with E-state index in [9.17, 15) is 43.2 Å². The van der Waals surface area contributed by atoms with Crippen LogP contribution in [-0.2, 0) is 65.4 Å². The van der Waals surface area contributed by atoms with Crippen LogP contribution in [0.3, 0.4) is 0 Å². The van der Waals surface area contributed by atoms with Gasteiger partial charge in [0.25, 0.3) is 0 Å². The van der Waals surface area contributed by atoms with Crippen LogP contribution in [0, 0.1) is 0 Å². The number of carbonyl (C=O) groups is 4. The van der Waals surface area contributed by atoms with Gasteiger partial charge in [0.15, 0.2) is 12.2 Å². The molecule has 17 nitrogen and oxygen atoms in total. The fourth-order valence-corrected chi connectivity index (χ4v) is 14.4. The van der Waals surface area contributed by atoms with Crippen LogP contribution in [0.2, 0.25) is 0 Å². The third-order valence-electron chi connectivity index (χ3n) is 19.4. The lowest BCUT2D eigenvalue weighted by Gasteiger charge is -2.21. The molecular formula is C82H160O17P2. The molecule has 5 atom stereocenters. The van der Waals surface area contributed by atoms with E-state index in [4.69, 9.17) is 37.0 Å². The summed E-state index contributed by atoms with van der Waals surface area (Å²) in [4.78, 5) is 72.8. The number of carbonyl (C=O) groups excluding carboxylic acids is 4. The molecule has 0 saturated carbocycles. The molecule has 0 radical (unpaired) electrons. The van der Waals surface area contributed by atoms with Crippen molar-refractivity contribution in [1.29, 1.82) is 0 Å². The van der Waals surface area contributed by atoms with Gasteiger partial charge >= 0.3 is 39.5 Å². The number of unbranched alkanes of at least 4 members (excludes halogenated alkanes) is 57. The smallest absolute Gasteiger partial charge is 0.462 e. The average molecular weight is 1480 g/mol. The zero-order valence-corrected chi connectivity index (χ0v) is 67.7. The predicted octanol–water partition coefficient (Wildman–Crippen LogP) is 25.0. The van der Waals surface area contributed by atoms with Gasteiger partial charge in [-0.15, -0.1) is 0 Å². The van der Waals surface area contributed by atoms with Crippen molar-refractivity contribution < 1.29 is 80.2 Å². The standard InChI is InChI=1S/C82H160O17P2/c1-5-9-13-17-21-24-27-30-32-34-36-38-40-42-44-46-49-51-55-59-63-67-80(85)93-73-78(99-82(87)69-65-61-57-53-50-47-45-43-41-39-37-35-33-31-28-25-22-18-14-10-6-2)75-97-101(90,91)95-71-76(83)70-94-100(88,89)96-74-77(72-92-79(84)66-62-58-54-20-16-12-8-4)98-81(86)68-64-60-56-52-48-29-26-23-19-15-11-7-3/h76-78,83H,5-75H2,1-4H3,(H,88,89)(H,90,91)/t76-,77+,78+/m0/s1. The highest BCUT2D eigenvalue weighted by Crippen LogP contribution is 2.45. The minimum atomic E-state index is -4.96. The fourth-order valence-electron chi connectivity index (χ4n) is 12.8. The third-order valence-corrected chi connectivity index (χ3v) is 21.3. The molecule has 0 fully saturated rings. The van der Waals surface area contributed by atoms with Crippen molar-refractivity contribution in [3.05, 3.63) is 0 Å². The van der Waals surface area contributed by atoms with E-state index in [-0.39, 0.29) is 25.7 Å². The third kappa shape index (κ3) is 76.1. The van der Waals surface area contributed by atoms with Gasteiger partial charge in [-0.05, 0) is 25.7 Å². The van der Waals surface area contributed by atoms with E-state index >= 15 is 0 Å². The van der Waals surface area contributed by atoms with Crippen LogP contribution < -0.4 is 0 Å². The Morgan fingerprint density at radius 2 is 0.396 bits per heavy atom. The monoisotopic (exact) mass is 1480 g/mol. The van der Waals surface area contributed by atoms with E-state index in [1.54, 1.807) is 0 Å². The lowest BCUT2D eigenvalue weighted by atomic mass is 10.0. The molecule has 0 aliphatic heterocycles. The first-order chi connectivity index (χ1) is 49.2. The van der Waals surface area contributed by atoms with E-state index in [0.29, 0.717) is 25.7 Å². The summed E-state index contributed by atoms with van der Waals surface area (Å²) in [5, 5.41) is 10.6. The van der Waals surface area contributed by atoms with Crippen LogP contribution in [0.5, 0.6) is 0 Å². The highest BCUT2D eigenvalue weighted by atomic mass is 31.2. The number of rotatable bonds is 83. The lowest BCUT2D eigenvalue weighted by Crippen LogP contribution is -2.30. The van der Waals surface area contributed by atoms with Crippen molar-refractivity contribution in [3.63, 3.8) is 0 Å². The summed E-state index contributed by atoms with van der Waals surface area (Å²) in [5.41, 5.74) is 0. The molecule has 0 aliphatic carbocycles.